The quantitative estimate of drug-likeness (QED) is 0.801. The first-order chi connectivity index (χ1) is 7.50. The van der Waals surface area contributed by atoms with Crippen LogP contribution in [-0.2, 0) is 10.0 Å². The Labute approximate surface area is 91.3 Å². The van der Waals surface area contributed by atoms with E-state index in [1.165, 1.54) is 19.6 Å². The molecular weight excluding hydrogens is 234 g/mol. The second-order valence-corrected chi connectivity index (χ2v) is 4.71. The molecule has 0 saturated heterocycles. The maximum atomic E-state index is 11.9. The minimum absolute atomic E-state index is 0.0289. The van der Waals surface area contributed by atoms with E-state index in [0.717, 1.165) is 4.68 Å². The second kappa shape index (κ2) is 3.59. The third-order valence-electron chi connectivity index (χ3n) is 1.88. The summed E-state index contributed by atoms with van der Waals surface area (Å²) in [6.07, 6.45) is 2.46. The fourth-order valence-corrected chi connectivity index (χ4v) is 2.60. The highest BCUT2D eigenvalue weighted by atomic mass is 32.2. The Bertz CT molecular complexity index is 566. The van der Waals surface area contributed by atoms with Gasteiger partial charge in [0.25, 0.3) is 10.0 Å². The van der Waals surface area contributed by atoms with Crippen LogP contribution in [0, 0.1) is 13.8 Å². The van der Waals surface area contributed by atoms with Gasteiger partial charge in [-0.3, -0.25) is 0 Å². The van der Waals surface area contributed by atoms with Gasteiger partial charge in [-0.1, -0.05) is 5.16 Å². The lowest BCUT2D eigenvalue weighted by molar-refractivity contribution is 0.390. The number of aryl methyl sites for hydroxylation is 2. The first kappa shape index (κ1) is 10.6. The summed E-state index contributed by atoms with van der Waals surface area (Å²) in [6, 6.07) is 0. The van der Waals surface area contributed by atoms with Gasteiger partial charge in [0.15, 0.2) is 10.7 Å². The van der Waals surface area contributed by atoms with Crippen LogP contribution < -0.4 is 4.83 Å². The molecule has 0 spiro atoms. The Morgan fingerprint density at radius 1 is 1.31 bits per heavy atom. The van der Waals surface area contributed by atoms with Gasteiger partial charge in [0.05, 0.1) is 0 Å². The van der Waals surface area contributed by atoms with E-state index >= 15 is 0 Å². The van der Waals surface area contributed by atoms with E-state index < -0.39 is 10.0 Å². The van der Waals surface area contributed by atoms with Crippen LogP contribution in [0.4, 0.5) is 0 Å². The summed E-state index contributed by atoms with van der Waals surface area (Å²) in [5, 5.41) is 10.5. The molecule has 2 aromatic heterocycles. The summed E-state index contributed by atoms with van der Waals surface area (Å²) in [7, 11) is -3.72. The number of hydrogen-bond acceptors (Lipinski definition) is 6. The van der Waals surface area contributed by atoms with Crippen molar-refractivity contribution in [2.45, 2.75) is 18.7 Å². The van der Waals surface area contributed by atoms with Crippen LogP contribution in [0.2, 0.25) is 0 Å². The molecular formula is C7H9N5O3S. The lowest BCUT2D eigenvalue weighted by Crippen LogP contribution is -2.22. The van der Waals surface area contributed by atoms with Crippen molar-refractivity contribution in [3.05, 3.63) is 24.1 Å². The standard InChI is InChI=1S/C7H9N5O3S/c1-5-7(6(2)15-10-5)16(13,14)11-12-3-8-9-4-12/h3-4,11H,1-2H3. The molecule has 0 aromatic carbocycles. The molecule has 1 N–H and O–H groups in total. The van der Waals surface area contributed by atoms with Gasteiger partial charge in [-0.15, -0.1) is 10.2 Å². The number of sulfonamides is 1. The van der Waals surface area contributed by atoms with Gasteiger partial charge < -0.3 is 4.52 Å². The third kappa shape index (κ3) is 1.76. The summed E-state index contributed by atoms with van der Waals surface area (Å²) >= 11 is 0. The van der Waals surface area contributed by atoms with E-state index in [1.807, 2.05) is 0 Å². The Balaban J connectivity index is 2.40. The van der Waals surface area contributed by atoms with Crippen LogP contribution in [0.3, 0.4) is 0 Å². The molecule has 8 nitrogen and oxygen atoms in total. The van der Waals surface area contributed by atoms with Crippen molar-refractivity contribution in [2.75, 3.05) is 4.83 Å². The van der Waals surface area contributed by atoms with Gasteiger partial charge in [0.2, 0.25) is 0 Å². The minimum atomic E-state index is -3.72. The molecule has 2 rings (SSSR count). The summed E-state index contributed by atoms with van der Waals surface area (Å²) in [5.74, 6) is 0.234. The normalized spacial score (nSPS) is 11.6. The molecule has 0 aliphatic rings. The topological polar surface area (TPSA) is 103 Å². The second-order valence-electron chi connectivity index (χ2n) is 3.12. The zero-order chi connectivity index (χ0) is 11.8. The van der Waals surface area contributed by atoms with E-state index in [4.69, 9.17) is 4.52 Å². The zero-order valence-corrected chi connectivity index (χ0v) is 9.39. The molecule has 0 bridgehead atoms. The number of aromatic nitrogens is 4. The van der Waals surface area contributed by atoms with E-state index in [9.17, 15) is 8.42 Å². The van der Waals surface area contributed by atoms with Crippen LogP contribution in [0.25, 0.3) is 0 Å². The Morgan fingerprint density at radius 2 is 1.94 bits per heavy atom. The lowest BCUT2D eigenvalue weighted by atomic mass is 10.4. The first-order valence-corrected chi connectivity index (χ1v) is 5.79. The van der Waals surface area contributed by atoms with Gasteiger partial charge in [-0.05, 0) is 13.8 Å². The van der Waals surface area contributed by atoms with Crippen molar-refractivity contribution in [1.82, 2.24) is 20.0 Å². The summed E-state index contributed by atoms with van der Waals surface area (Å²) in [4.78, 5) is 2.28. The smallest absolute Gasteiger partial charge is 0.280 e. The van der Waals surface area contributed by atoms with Crippen molar-refractivity contribution in [3.63, 3.8) is 0 Å². The zero-order valence-electron chi connectivity index (χ0n) is 8.58. The molecule has 9 heteroatoms. The molecule has 0 radical (unpaired) electrons. The largest absolute Gasteiger partial charge is 0.360 e. The van der Waals surface area contributed by atoms with Crippen molar-refractivity contribution in [1.29, 1.82) is 0 Å². The maximum Gasteiger partial charge on any atom is 0.280 e. The highest BCUT2D eigenvalue weighted by Crippen LogP contribution is 2.18. The molecule has 0 fully saturated rings. The SMILES string of the molecule is Cc1noc(C)c1S(=O)(=O)Nn1cnnc1. The fraction of sp³-hybridized carbons (Fsp3) is 0.286. The fourth-order valence-electron chi connectivity index (χ4n) is 1.29. The Morgan fingerprint density at radius 3 is 2.44 bits per heavy atom. The van der Waals surface area contributed by atoms with Gasteiger partial charge in [-0.25, -0.2) is 9.51 Å². The van der Waals surface area contributed by atoms with E-state index in [-0.39, 0.29) is 10.7 Å². The molecule has 0 aliphatic carbocycles. The summed E-state index contributed by atoms with van der Waals surface area (Å²) in [5.41, 5.74) is 0.304. The summed E-state index contributed by atoms with van der Waals surface area (Å²) < 4.78 is 29.7. The minimum Gasteiger partial charge on any atom is -0.360 e. The average Bonchev–Trinajstić information content (AvgIpc) is 2.76. The van der Waals surface area contributed by atoms with Crippen LogP contribution in [0.15, 0.2) is 22.1 Å². The molecule has 0 aliphatic heterocycles. The molecule has 0 saturated carbocycles. The molecule has 16 heavy (non-hydrogen) atoms. The van der Waals surface area contributed by atoms with Gasteiger partial charge in [-0.2, -0.15) is 8.42 Å². The summed E-state index contributed by atoms with van der Waals surface area (Å²) in [6.45, 7) is 3.08. The van der Waals surface area contributed by atoms with Crippen LogP contribution in [0.1, 0.15) is 11.5 Å². The maximum absolute atomic E-state index is 11.9. The number of hydrogen-bond donors (Lipinski definition) is 1. The van der Waals surface area contributed by atoms with Gasteiger partial charge >= 0.3 is 0 Å². The molecule has 0 unspecified atom stereocenters. The molecule has 86 valence electrons. The Hall–Kier alpha value is -1.90. The van der Waals surface area contributed by atoms with Crippen LogP contribution in [-0.4, -0.2) is 28.4 Å². The van der Waals surface area contributed by atoms with E-state index in [0.29, 0.717) is 5.69 Å². The predicted octanol–water partition coefficient (Wildman–Crippen LogP) is -0.185. The van der Waals surface area contributed by atoms with E-state index in [1.54, 1.807) is 6.92 Å². The van der Waals surface area contributed by atoms with Crippen molar-refractivity contribution in [2.24, 2.45) is 0 Å². The van der Waals surface area contributed by atoms with Crippen LogP contribution >= 0.6 is 0 Å². The Kier molecular flexibility index (Phi) is 2.38. The average molecular weight is 243 g/mol. The predicted molar refractivity (Wildman–Crippen MR) is 52.5 cm³/mol. The molecule has 0 atom stereocenters. The first-order valence-electron chi connectivity index (χ1n) is 4.31. The molecule has 0 amide bonds. The number of nitrogens with zero attached hydrogens (tertiary/aromatic N) is 4. The monoisotopic (exact) mass is 243 g/mol. The highest BCUT2D eigenvalue weighted by Gasteiger charge is 2.24. The number of rotatable bonds is 3. The van der Waals surface area contributed by atoms with E-state index in [2.05, 4.69) is 20.2 Å². The van der Waals surface area contributed by atoms with Crippen molar-refractivity contribution < 1.29 is 12.9 Å². The molecule has 2 aromatic rings. The lowest BCUT2D eigenvalue weighted by Gasteiger charge is -2.06. The number of nitrogens with one attached hydrogen (secondary N) is 1. The third-order valence-corrected chi connectivity index (χ3v) is 3.45. The molecule has 2 heterocycles. The van der Waals surface area contributed by atoms with Gasteiger partial charge in [0.1, 0.15) is 18.3 Å². The van der Waals surface area contributed by atoms with Crippen molar-refractivity contribution in [3.8, 4) is 0 Å². The highest BCUT2D eigenvalue weighted by molar-refractivity contribution is 7.92. The van der Waals surface area contributed by atoms with Crippen molar-refractivity contribution >= 4 is 10.0 Å². The van der Waals surface area contributed by atoms with Crippen LogP contribution in [0.5, 0.6) is 0 Å². The van der Waals surface area contributed by atoms with Gasteiger partial charge in [0, 0.05) is 0 Å².